The van der Waals surface area contributed by atoms with Crippen LogP contribution >= 0.6 is 0 Å². The topological polar surface area (TPSA) is 70.7 Å². The Kier molecular flexibility index (Phi) is 7.95. The largest absolute Gasteiger partial charge is 0.489 e. The number of aryl methyl sites for hydroxylation is 2. The Labute approximate surface area is 164 Å². The van der Waals surface area contributed by atoms with Crippen LogP contribution in [0.4, 0.5) is 10.1 Å². The Morgan fingerprint density at radius 3 is 2.39 bits per heavy atom. The van der Waals surface area contributed by atoms with Gasteiger partial charge in [0.15, 0.2) is 11.6 Å². The van der Waals surface area contributed by atoms with Crippen molar-refractivity contribution in [1.29, 1.82) is 0 Å². The molecule has 0 spiro atoms. The van der Waals surface area contributed by atoms with Crippen LogP contribution in [-0.4, -0.2) is 50.0 Å². The van der Waals surface area contributed by atoms with Crippen LogP contribution in [0.25, 0.3) is 0 Å². The van der Waals surface area contributed by atoms with Crippen LogP contribution in [0.15, 0.2) is 42.5 Å². The SMILES string of the molecule is Cc1cccc(C)c1NC(=O)CNC(=O)CN(C)CCOc1ccccc1F. The molecule has 0 saturated carbocycles. The van der Waals surface area contributed by atoms with Gasteiger partial charge in [-0.25, -0.2) is 4.39 Å². The molecule has 0 radical (unpaired) electrons. The molecule has 7 heteroatoms. The fourth-order valence-corrected chi connectivity index (χ4v) is 2.63. The first-order valence-electron chi connectivity index (χ1n) is 9.05. The van der Waals surface area contributed by atoms with Crippen molar-refractivity contribution in [2.24, 2.45) is 0 Å². The van der Waals surface area contributed by atoms with Crippen molar-refractivity contribution < 1.29 is 18.7 Å². The van der Waals surface area contributed by atoms with Gasteiger partial charge in [-0.3, -0.25) is 14.5 Å². The number of halogens is 1. The molecule has 2 rings (SSSR count). The molecule has 0 saturated heterocycles. The van der Waals surface area contributed by atoms with E-state index in [2.05, 4.69) is 10.6 Å². The Bertz CT molecular complexity index is 806. The summed E-state index contributed by atoms with van der Waals surface area (Å²) in [5, 5.41) is 5.42. The minimum atomic E-state index is -0.419. The minimum Gasteiger partial charge on any atom is -0.489 e. The predicted molar refractivity (Wildman–Crippen MR) is 107 cm³/mol. The zero-order valence-electron chi connectivity index (χ0n) is 16.4. The van der Waals surface area contributed by atoms with Crippen LogP contribution < -0.4 is 15.4 Å². The molecule has 28 heavy (non-hydrogen) atoms. The number of amides is 2. The second-order valence-corrected chi connectivity index (χ2v) is 6.61. The van der Waals surface area contributed by atoms with Crippen molar-refractivity contribution in [1.82, 2.24) is 10.2 Å². The Balaban J connectivity index is 1.68. The van der Waals surface area contributed by atoms with Gasteiger partial charge < -0.3 is 15.4 Å². The zero-order chi connectivity index (χ0) is 20.5. The highest BCUT2D eigenvalue weighted by Crippen LogP contribution is 2.19. The maximum Gasteiger partial charge on any atom is 0.243 e. The van der Waals surface area contributed by atoms with Crippen molar-refractivity contribution >= 4 is 17.5 Å². The maximum absolute atomic E-state index is 13.5. The van der Waals surface area contributed by atoms with Crippen LogP contribution in [0.1, 0.15) is 11.1 Å². The number of hydrogen-bond acceptors (Lipinski definition) is 4. The standard InChI is InChI=1S/C21H26FN3O3/c1-15-7-6-8-16(2)21(15)24-19(26)13-23-20(27)14-25(3)11-12-28-18-10-5-4-9-17(18)22/h4-10H,11-14H2,1-3H3,(H,23,27)(H,24,26). The Morgan fingerprint density at radius 2 is 1.71 bits per heavy atom. The molecule has 0 unspecified atom stereocenters. The van der Waals surface area contributed by atoms with Gasteiger partial charge in [0.2, 0.25) is 11.8 Å². The van der Waals surface area contributed by atoms with E-state index in [-0.39, 0.29) is 37.3 Å². The van der Waals surface area contributed by atoms with Crippen molar-refractivity contribution in [3.63, 3.8) is 0 Å². The summed E-state index contributed by atoms with van der Waals surface area (Å²) in [6, 6.07) is 11.9. The highest BCUT2D eigenvalue weighted by Gasteiger charge is 2.11. The molecule has 0 atom stereocenters. The molecule has 0 aromatic heterocycles. The van der Waals surface area contributed by atoms with E-state index >= 15 is 0 Å². The monoisotopic (exact) mass is 387 g/mol. The summed E-state index contributed by atoms with van der Waals surface area (Å²) >= 11 is 0. The maximum atomic E-state index is 13.5. The molecule has 2 aromatic carbocycles. The summed E-state index contributed by atoms with van der Waals surface area (Å²) in [5.74, 6) is -0.789. The summed E-state index contributed by atoms with van der Waals surface area (Å²) in [5.41, 5.74) is 2.70. The first-order valence-corrected chi connectivity index (χ1v) is 9.05. The van der Waals surface area contributed by atoms with E-state index in [1.165, 1.54) is 6.07 Å². The van der Waals surface area contributed by atoms with Crippen molar-refractivity contribution in [2.45, 2.75) is 13.8 Å². The van der Waals surface area contributed by atoms with Gasteiger partial charge in [-0.15, -0.1) is 0 Å². The van der Waals surface area contributed by atoms with Crippen LogP contribution in [0.3, 0.4) is 0 Å². The number of anilines is 1. The van der Waals surface area contributed by atoms with Gasteiger partial charge in [0.1, 0.15) is 6.61 Å². The Morgan fingerprint density at radius 1 is 1.04 bits per heavy atom. The molecule has 2 amide bonds. The molecule has 6 nitrogen and oxygen atoms in total. The molecule has 0 bridgehead atoms. The van der Waals surface area contributed by atoms with Gasteiger partial charge in [0, 0.05) is 12.2 Å². The van der Waals surface area contributed by atoms with Gasteiger partial charge >= 0.3 is 0 Å². The molecule has 0 aliphatic heterocycles. The number of rotatable bonds is 9. The van der Waals surface area contributed by atoms with E-state index in [0.29, 0.717) is 6.54 Å². The quantitative estimate of drug-likeness (QED) is 0.694. The number of para-hydroxylation sites is 2. The van der Waals surface area contributed by atoms with Gasteiger partial charge in [0.05, 0.1) is 13.1 Å². The summed E-state index contributed by atoms with van der Waals surface area (Å²) in [7, 11) is 1.75. The number of carbonyl (C=O) groups excluding carboxylic acids is 2. The lowest BCUT2D eigenvalue weighted by atomic mass is 10.1. The molecule has 0 fully saturated rings. The lowest BCUT2D eigenvalue weighted by Crippen LogP contribution is -2.40. The number of hydrogen-bond donors (Lipinski definition) is 2. The third-order valence-corrected chi connectivity index (χ3v) is 4.17. The summed E-state index contributed by atoms with van der Waals surface area (Å²) < 4.78 is 18.8. The zero-order valence-corrected chi connectivity index (χ0v) is 16.4. The van der Waals surface area contributed by atoms with E-state index in [9.17, 15) is 14.0 Å². The van der Waals surface area contributed by atoms with Gasteiger partial charge in [-0.05, 0) is 44.2 Å². The third-order valence-electron chi connectivity index (χ3n) is 4.17. The molecule has 2 aromatic rings. The van der Waals surface area contributed by atoms with Crippen molar-refractivity contribution in [2.75, 3.05) is 38.6 Å². The van der Waals surface area contributed by atoms with Crippen molar-refractivity contribution in [3.05, 3.63) is 59.4 Å². The normalized spacial score (nSPS) is 10.6. The second kappa shape index (κ2) is 10.4. The average Bonchev–Trinajstić information content (AvgIpc) is 2.65. The number of nitrogens with one attached hydrogen (secondary N) is 2. The molecular weight excluding hydrogens is 361 g/mol. The highest BCUT2D eigenvalue weighted by molar-refractivity contribution is 5.95. The van der Waals surface area contributed by atoms with Gasteiger partial charge in [-0.1, -0.05) is 30.3 Å². The number of nitrogens with zero attached hydrogens (tertiary/aromatic N) is 1. The molecule has 2 N–H and O–H groups in total. The fourth-order valence-electron chi connectivity index (χ4n) is 2.63. The predicted octanol–water partition coefficient (Wildman–Crippen LogP) is 2.51. The van der Waals surface area contributed by atoms with Gasteiger partial charge in [-0.2, -0.15) is 0 Å². The number of carbonyl (C=O) groups is 2. The molecule has 150 valence electrons. The average molecular weight is 387 g/mol. The smallest absolute Gasteiger partial charge is 0.243 e. The minimum absolute atomic E-state index is 0.105. The number of benzene rings is 2. The first-order chi connectivity index (χ1) is 13.4. The first kappa shape index (κ1) is 21.4. The molecule has 0 heterocycles. The summed E-state index contributed by atoms with van der Waals surface area (Å²) in [6.07, 6.45) is 0. The lowest BCUT2D eigenvalue weighted by molar-refractivity contribution is -0.124. The van der Waals surface area contributed by atoms with Crippen LogP contribution in [-0.2, 0) is 9.59 Å². The van der Waals surface area contributed by atoms with Crippen LogP contribution in [0, 0.1) is 19.7 Å². The van der Waals surface area contributed by atoms with E-state index in [1.54, 1.807) is 30.1 Å². The van der Waals surface area contributed by atoms with Gasteiger partial charge in [0.25, 0.3) is 0 Å². The molecule has 0 aliphatic rings. The summed E-state index contributed by atoms with van der Waals surface area (Å²) in [6.45, 7) is 4.52. The van der Waals surface area contributed by atoms with E-state index < -0.39 is 5.82 Å². The Hall–Kier alpha value is -2.93. The van der Waals surface area contributed by atoms with Crippen LogP contribution in [0.5, 0.6) is 5.75 Å². The fraction of sp³-hybridized carbons (Fsp3) is 0.333. The van der Waals surface area contributed by atoms with E-state index in [0.717, 1.165) is 16.8 Å². The van der Waals surface area contributed by atoms with Crippen molar-refractivity contribution in [3.8, 4) is 5.75 Å². The van der Waals surface area contributed by atoms with Crippen LogP contribution in [0.2, 0.25) is 0 Å². The highest BCUT2D eigenvalue weighted by atomic mass is 19.1. The lowest BCUT2D eigenvalue weighted by Gasteiger charge is -2.17. The van der Waals surface area contributed by atoms with E-state index in [1.807, 2.05) is 32.0 Å². The number of likely N-dealkylation sites (N-methyl/N-ethyl adjacent to an activating group) is 1. The summed E-state index contributed by atoms with van der Waals surface area (Å²) in [4.78, 5) is 25.8. The molecule has 0 aliphatic carbocycles. The number of ether oxygens (including phenoxy) is 1. The second-order valence-electron chi connectivity index (χ2n) is 6.61. The van der Waals surface area contributed by atoms with E-state index in [4.69, 9.17) is 4.74 Å². The third kappa shape index (κ3) is 6.66. The molecular formula is C21H26FN3O3.